The Morgan fingerprint density at radius 1 is 0.902 bits per heavy atom. The molecule has 9 N–H and O–H groups in total. The summed E-state index contributed by atoms with van der Waals surface area (Å²) in [4.78, 5) is 94.8. The number of azide groups is 1. The van der Waals surface area contributed by atoms with Gasteiger partial charge in [0, 0.05) is 22.0 Å². The molecule has 0 saturated heterocycles. The first-order valence-electron chi connectivity index (χ1n) is 16.0. The van der Waals surface area contributed by atoms with Gasteiger partial charge in [-0.3, -0.25) is 33.6 Å². The molecular weight excluding hydrogens is 670 g/mol. The summed E-state index contributed by atoms with van der Waals surface area (Å²) < 4.78 is 5.29. The number of carbonyl (C=O) groups is 7. The number of carbonyl (C=O) groups excluding carboxylic acids is 6. The number of rotatable bonds is 18. The van der Waals surface area contributed by atoms with Crippen LogP contribution in [0.5, 0.6) is 0 Å². The fraction of sp³-hybridized carbons (Fsp3) is 0.531. The van der Waals surface area contributed by atoms with E-state index in [1.165, 1.54) is 0 Å². The Morgan fingerprint density at radius 3 is 2.02 bits per heavy atom. The van der Waals surface area contributed by atoms with Gasteiger partial charge in [-0.2, -0.15) is 0 Å². The minimum Gasteiger partial charge on any atom is -0.481 e. The Labute approximate surface area is 293 Å². The number of aliphatic carboxylic acids is 1. The van der Waals surface area contributed by atoms with Crippen molar-refractivity contribution >= 4 is 52.4 Å². The standard InChI is InChI=1S/C32H45N9O10/c1-16(2)10-21(31(50)40-41-34)37-28(47)22(12-25(43)44)38-30(49)24(15-42)39-29(48)23(13-26(45)51-32(3,4)5)36-27(46)19(33)11-17-14-35-20-9-7-6-8-18(17)20/h6-9,14,16,19,21-24,35,42H,10-13,15,33H2,1-5H3,(H,36,46)(H,37,47)(H,38,49)(H,39,48)(H,43,44)/t19-,21+,22-,23-,24+/m1/s1. The van der Waals surface area contributed by atoms with E-state index in [0.29, 0.717) is 0 Å². The lowest BCUT2D eigenvalue weighted by Crippen LogP contribution is -2.60. The minimum absolute atomic E-state index is 0.0167. The number of aliphatic hydroxyl groups is 1. The summed E-state index contributed by atoms with van der Waals surface area (Å²) in [7, 11) is 0. The number of aromatic amines is 1. The zero-order chi connectivity index (χ0) is 38.5. The number of esters is 1. The van der Waals surface area contributed by atoms with E-state index >= 15 is 0 Å². The highest BCUT2D eigenvalue weighted by atomic mass is 16.6. The summed E-state index contributed by atoms with van der Waals surface area (Å²) in [6, 6.07) is -0.475. The van der Waals surface area contributed by atoms with Gasteiger partial charge in [-0.05, 0) is 61.8 Å². The van der Waals surface area contributed by atoms with E-state index < -0.39 is 96.7 Å². The highest BCUT2D eigenvalue weighted by molar-refractivity contribution is 5.98. The van der Waals surface area contributed by atoms with Gasteiger partial charge in [0.2, 0.25) is 29.5 Å². The van der Waals surface area contributed by atoms with Gasteiger partial charge in [0.25, 0.3) is 0 Å². The van der Waals surface area contributed by atoms with Crippen molar-refractivity contribution in [1.29, 1.82) is 0 Å². The fourth-order valence-electron chi connectivity index (χ4n) is 4.87. The fourth-order valence-corrected chi connectivity index (χ4v) is 4.87. The number of aliphatic hydroxyl groups excluding tert-OH is 1. The van der Waals surface area contributed by atoms with Crippen LogP contribution in [-0.4, -0.2) is 99.1 Å². The summed E-state index contributed by atoms with van der Waals surface area (Å²) in [6.07, 6.45) is 0.0859. The number of hydrogen-bond acceptors (Lipinski definition) is 10. The van der Waals surface area contributed by atoms with Crippen LogP contribution in [0.2, 0.25) is 0 Å². The van der Waals surface area contributed by atoms with E-state index in [2.05, 4.69) is 36.3 Å². The summed E-state index contributed by atoms with van der Waals surface area (Å²) >= 11 is 0. The van der Waals surface area contributed by atoms with Gasteiger partial charge in [-0.15, -0.1) is 0 Å². The first kappa shape index (κ1) is 41.7. The zero-order valence-electron chi connectivity index (χ0n) is 29.0. The number of H-pyrrole nitrogens is 1. The molecule has 5 amide bonds. The van der Waals surface area contributed by atoms with E-state index in [-0.39, 0.29) is 18.8 Å². The Balaban J connectivity index is 2.24. The molecule has 19 heteroatoms. The zero-order valence-corrected chi connectivity index (χ0v) is 29.0. The van der Waals surface area contributed by atoms with Crippen LogP contribution in [0.3, 0.4) is 0 Å². The van der Waals surface area contributed by atoms with Crippen LogP contribution in [0.15, 0.2) is 35.6 Å². The summed E-state index contributed by atoms with van der Waals surface area (Å²) in [5.74, 6) is -7.90. The summed E-state index contributed by atoms with van der Waals surface area (Å²) in [5.41, 5.74) is 15.4. The molecule has 0 aliphatic heterocycles. The van der Waals surface area contributed by atoms with Crippen LogP contribution in [0.25, 0.3) is 21.3 Å². The average molecular weight is 716 g/mol. The first-order valence-corrected chi connectivity index (χ1v) is 16.0. The number of nitrogens with zero attached hydrogens (tertiary/aromatic N) is 3. The first-order chi connectivity index (χ1) is 23.8. The number of nitrogens with two attached hydrogens (primary N) is 1. The van der Waals surface area contributed by atoms with Crippen LogP contribution in [0.4, 0.5) is 0 Å². The maximum atomic E-state index is 13.4. The maximum absolute atomic E-state index is 13.4. The highest BCUT2D eigenvalue weighted by Crippen LogP contribution is 2.19. The predicted octanol–water partition coefficient (Wildman–Crippen LogP) is 0.0587. The molecule has 278 valence electrons. The Kier molecular flexibility index (Phi) is 15.5. The smallest absolute Gasteiger partial charge is 0.308 e. The molecule has 19 nitrogen and oxygen atoms in total. The number of nitrogens with one attached hydrogen (secondary N) is 5. The third kappa shape index (κ3) is 13.7. The number of carboxylic acid groups (broad SMARTS) is 1. The SMILES string of the molecule is CC(C)C[C@H](NC(=O)[C@@H](CC(=O)O)NC(=O)[C@H](CO)NC(=O)[C@@H](CC(=O)OC(C)(C)C)NC(=O)[C@H](N)Cc1c[nH]c2ccccc12)C(=O)N=[N+]=[N-]. The van der Waals surface area contributed by atoms with E-state index in [4.69, 9.17) is 16.0 Å². The van der Waals surface area contributed by atoms with Crippen LogP contribution < -0.4 is 27.0 Å². The normalized spacial score (nSPS) is 14.2. The average Bonchev–Trinajstić information content (AvgIpc) is 3.43. The molecule has 1 aromatic carbocycles. The van der Waals surface area contributed by atoms with Crippen LogP contribution in [0.1, 0.15) is 59.4 Å². The van der Waals surface area contributed by atoms with Crippen molar-refractivity contribution in [1.82, 2.24) is 26.3 Å². The summed E-state index contributed by atoms with van der Waals surface area (Å²) in [5, 5.41) is 32.1. The molecular formula is C32H45N9O10. The second-order valence-corrected chi connectivity index (χ2v) is 13.1. The van der Waals surface area contributed by atoms with Gasteiger partial charge in [0.15, 0.2) is 0 Å². The van der Waals surface area contributed by atoms with Crippen molar-refractivity contribution in [2.24, 2.45) is 16.8 Å². The van der Waals surface area contributed by atoms with Crippen LogP contribution >= 0.6 is 0 Å². The molecule has 0 bridgehead atoms. The molecule has 0 aliphatic carbocycles. The van der Waals surface area contributed by atoms with Gasteiger partial charge in [-0.25, -0.2) is 0 Å². The van der Waals surface area contributed by atoms with Gasteiger partial charge >= 0.3 is 11.9 Å². The molecule has 0 spiro atoms. The lowest BCUT2D eigenvalue weighted by Gasteiger charge is -2.26. The number of amides is 5. The van der Waals surface area contributed by atoms with E-state index in [0.717, 1.165) is 16.5 Å². The molecule has 0 fully saturated rings. The third-order valence-electron chi connectivity index (χ3n) is 7.17. The number of aromatic nitrogens is 1. The highest BCUT2D eigenvalue weighted by Gasteiger charge is 2.34. The van der Waals surface area contributed by atoms with Gasteiger partial charge in [0.05, 0.1) is 31.5 Å². The third-order valence-corrected chi connectivity index (χ3v) is 7.17. The van der Waals surface area contributed by atoms with Gasteiger partial charge in [-0.1, -0.05) is 32.0 Å². The quantitative estimate of drug-likeness (QED) is 0.0441. The van der Waals surface area contributed by atoms with Crippen molar-refractivity contribution in [3.05, 3.63) is 46.5 Å². The Hall–Kier alpha value is -5.52. The lowest BCUT2D eigenvalue weighted by molar-refractivity contribution is -0.156. The van der Waals surface area contributed by atoms with Crippen molar-refractivity contribution in [3.63, 3.8) is 0 Å². The predicted molar refractivity (Wildman–Crippen MR) is 181 cm³/mol. The maximum Gasteiger partial charge on any atom is 0.308 e. The number of hydrogen-bond donors (Lipinski definition) is 8. The Bertz CT molecular complexity index is 1650. The molecule has 1 aromatic heterocycles. The summed E-state index contributed by atoms with van der Waals surface area (Å²) in [6.45, 7) is 7.13. The topological polar surface area (TPSA) is 308 Å². The second kappa shape index (κ2) is 19.0. The van der Waals surface area contributed by atoms with Crippen LogP contribution in [-0.2, 0) is 44.7 Å². The molecule has 51 heavy (non-hydrogen) atoms. The molecule has 1 heterocycles. The lowest BCUT2D eigenvalue weighted by atomic mass is 10.0. The Morgan fingerprint density at radius 2 is 1.45 bits per heavy atom. The number of para-hydroxylation sites is 1. The molecule has 2 rings (SSSR count). The van der Waals surface area contributed by atoms with Gasteiger partial charge < -0.3 is 46.9 Å². The van der Waals surface area contributed by atoms with Crippen molar-refractivity contribution in [2.45, 2.75) is 96.1 Å². The molecule has 0 aliphatic rings. The minimum atomic E-state index is -1.81. The second-order valence-electron chi connectivity index (χ2n) is 13.1. The van der Waals surface area contributed by atoms with Gasteiger partial charge in [0.1, 0.15) is 23.7 Å². The number of benzene rings is 1. The molecule has 0 saturated carbocycles. The molecule has 0 unspecified atom stereocenters. The number of carboxylic acids is 1. The van der Waals surface area contributed by atoms with E-state index in [9.17, 15) is 43.8 Å². The van der Waals surface area contributed by atoms with Crippen molar-refractivity contribution in [3.8, 4) is 0 Å². The van der Waals surface area contributed by atoms with Crippen LogP contribution in [0, 0.1) is 5.92 Å². The molecule has 2 aromatic rings. The molecule has 0 radical (unpaired) electrons. The number of fused-ring (bicyclic) bond motifs is 1. The molecule has 5 atom stereocenters. The van der Waals surface area contributed by atoms with Crippen molar-refractivity contribution < 1.29 is 48.5 Å². The van der Waals surface area contributed by atoms with E-state index in [1.54, 1.807) is 40.8 Å². The van der Waals surface area contributed by atoms with E-state index in [1.807, 2.05) is 24.3 Å². The largest absolute Gasteiger partial charge is 0.481 e. The number of ether oxygens (including phenoxy) is 1. The monoisotopic (exact) mass is 715 g/mol. The van der Waals surface area contributed by atoms with Crippen molar-refractivity contribution in [2.75, 3.05) is 6.61 Å².